The van der Waals surface area contributed by atoms with Crippen LogP contribution in [0.25, 0.3) is 0 Å². The number of hydrogen-bond acceptors (Lipinski definition) is 3. The van der Waals surface area contributed by atoms with Gasteiger partial charge in [-0.15, -0.1) is 0 Å². The number of hydrogen-bond donors (Lipinski definition) is 0. The zero-order chi connectivity index (χ0) is 10.6. The van der Waals surface area contributed by atoms with Crippen LogP contribution in [0, 0.1) is 11.8 Å². The van der Waals surface area contributed by atoms with Crippen LogP contribution in [0.2, 0.25) is 0 Å². The molecule has 1 saturated carbocycles. The number of carbonyl (C=O) groups excluding carboxylic acids is 2. The molecule has 2 atom stereocenters. The number of carbonyl (C=O) groups is 2. The minimum atomic E-state index is -0.186. The predicted octanol–water partition coefficient (Wildman–Crippen LogP) is 1.72. The van der Waals surface area contributed by atoms with Gasteiger partial charge in [0.2, 0.25) is 0 Å². The van der Waals surface area contributed by atoms with Crippen molar-refractivity contribution in [2.75, 3.05) is 6.61 Å². The monoisotopic (exact) mass is 196 g/mol. The molecule has 1 aliphatic carbocycles. The first kappa shape index (κ1) is 11.0. The Bertz CT molecular complexity index is 245. The zero-order valence-corrected chi connectivity index (χ0v) is 8.49. The molecule has 0 aromatic carbocycles. The molecular formula is C11H16O3. The number of ketones is 1. The van der Waals surface area contributed by atoms with Gasteiger partial charge in [-0.3, -0.25) is 9.59 Å². The summed E-state index contributed by atoms with van der Waals surface area (Å²) in [5.74, 6) is -0.0159. The van der Waals surface area contributed by atoms with E-state index in [2.05, 4.69) is 6.58 Å². The highest BCUT2D eigenvalue weighted by atomic mass is 16.5. The minimum absolute atomic E-state index is 0.0660. The minimum Gasteiger partial charge on any atom is -0.461 e. The molecule has 0 saturated heterocycles. The van der Waals surface area contributed by atoms with E-state index in [0.29, 0.717) is 6.42 Å². The van der Waals surface area contributed by atoms with Crippen LogP contribution in [0.15, 0.2) is 12.7 Å². The van der Waals surface area contributed by atoms with E-state index >= 15 is 0 Å². The summed E-state index contributed by atoms with van der Waals surface area (Å²) in [7, 11) is 0. The molecule has 0 aromatic heterocycles. The topological polar surface area (TPSA) is 43.4 Å². The first-order valence-corrected chi connectivity index (χ1v) is 4.93. The Balaban J connectivity index is 2.37. The molecule has 0 N–H and O–H groups in total. The maximum atomic E-state index is 11.4. The van der Waals surface area contributed by atoms with E-state index in [0.717, 1.165) is 12.8 Å². The van der Waals surface area contributed by atoms with E-state index in [-0.39, 0.29) is 30.2 Å². The maximum Gasteiger partial charge on any atom is 0.309 e. The highest BCUT2D eigenvalue weighted by molar-refractivity contribution is 5.81. The standard InChI is InChI=1S/C11H16O3/c1-3-6-14-11(13)10-5-4-9(7-10)8(2)12/h3,9-10H,1,4-7H2,2H3. The van der Waals surface area contributed by atoms with Gasteiger partial charge in [0.05, 0.1) is 5.92 Å². The van der Waals surface area contributed by atoms with Crippen LogP contribution >= 0.6 is 0 Å². The van der Waals surface area contributed by atoms with E-state index < -0.39 is 0 Å². The number of ether oxygens (including phenoxy) is 1. The fraction of sp³-hybridized carbons (Fsp3) is 0.636. The van der Waals surface area contributed by atoms with Gasteiger partial charge in [0.25, 0.3) is 0 Å². The van der Waals surface area contributed by atoms with Crippen molar-refractivity contribution in [1.29, 1.82) is 0 Å². The molecule has 1 fully saturated rings. The molecule has 0 heterocycles. The molecule has 0 radical (unpaired) electrons. The summed E-state index contributed by atoms with van der Waals surface area (Å²) in [6, 6.07) is 0. The average Bonchev–Trinajstić information content (AvgIpc) is 2.62. The van der Waals surface area contributed by atoms with Crippen molar-refractivity contribution in [2.45, 2.75) is 26.2 Å². The summed E-state index contributed by atoms with van der Waals surface area (Å²) in [6.45, 7) is 5.32. The Hall–Kier alpha value is -1.12. The summed E-state index contributed by atoms with van der Waals surface area (Å²) in [4.78, 5) is 22.5. The van der Waals surface area contributed by atoms with E-state index in [1.54, 1.807) is 13.0 Å². The Morgan fingerprint density at radius 3 is 2.57 bits per heavy atom. The Morgan fingerprint density at radius 2 is 2.07 bits per heavy atom. The van der Waals surface area contributed by atoms with Crippen LogP contribution < -0.4 is 0 Å². The summed E-state index contributed by atoms with van der Waals surface area (Å²) in [6.07, 6.45) is 3.81. The maximum absolute atomic E-state index is 11.4. The Labute approximate surface area is 84.1 Å². The molecule has 0 bridgehead atoms. The predicted molar refractivity (Wildman–Crippen MR) is 52.7 cm³/mol. The third kappa shape index (κ3) is 2.69. The molecular weight excluding hydrogens is 180 g/mol. The smallest absolute Gasteiger partial charge is 0.309 e. The van der Waals surface area contributed by atoms with Crippen molar-refractivity contribution in [1.82, 2.24) is 0 Å². The second kappa shape index (κ2) is 4.94. The third-order valence-corrected chi connectivity index (χ3v) is 2.68. The molecule has 78 valence electrons. The first-order chi connectivity index (χ1) is 6.65. The lowest BCUT2D eigenvalue weighted by molar-refractivity contribution is -0.147. The summed E-state index contributed by atoms with van der Waals surface area (Å²) >= 11 is 0. The van der Waals surface area contributed by atoms with Crippen LogP contribution in [0.4, 0.5) is 0 Å². The van der Waals surface area contributed by atoms with Crippen molar-refractivity contribution >= 4 is 11.8 Å². The second-order valence-corrected chi connectivity index (χ2v) is 3.74. The lowest BCUT2D eigenvalue weighted by Gasteiger charge is -2.08. The van der Waals surface area contributed by atoms with Crippen molar-refractivity contribution in [3.05, 3.63) is 12.7 Å². The number of esters is 1. The highest BCUT2D eigenvalue weighted by Crippen LogP contribution is 2.32. The van der Waals surface area contributed by atoms with Gasteiger partial charge in [-0.05, 0) is 26.2 Å². The lowest BCUT2D eigenvalue weighted by atomic mass is 10.0. The van der Waals surface area contributed by atoms with Crippen molar-refractivity contribution in [3.63, 3.8) is 0 Å². The largest absolute Gasteiger partial charge is 0.461 e. The van der Waals surface area contributed by atoms with Crippen LogP contribution in [0.3, 0.4) is 0 Å². The average molecular weight is 196 g/mol. The van der Waals surface area contributed by atoms with Crippen LogP contribution in [-0.2, 0) is 14.3 Å². The molecule has 3 heteroatoms. The van der Waals surface area contributed by atoms with E-state index in [1.165, 1.54) is 0 Å². The summed E-state index contributed by atoms with van der Waals surface area (Å²) in [5.41, 5.74) is 0. The van der Waals surface area contributed by atoms with Crippen LogP contribution in [0.1, 0.15) is 26.2 Å². The molecule has 14 heavy (non-hydrogen) atoms. The highest BCUT2D eigenvalue weighted by Gasteiger charge is 2.32. The van der Waals surface area contributed by atoms with Gasteiger partial charge in [0, 0.05) is 5.92 Å². The molecule has 1 aliphatic rings. The molecule has 3 nitrogen and oxygen atoms in total. The van der Waals surface area contributed by atoms with Gasteiger partial charge in [0.1, 0.15) is 12.4 Å². The van der Waals surface area contributed by atoms with Crippen molar-refractivity contribution in [3.8, 4) is 0 Å². The molecule has 0 aromatic rings. The fourth-order valence-corrected chi connectivity index (χ4v) is 1.82. The molecule has 1 rings (SSSR count). The quantitative estimate of drug-likeness (QED) is 0.508. The summed E-state index contributed by atoms with van der Waals surface area (Å²) < 4.78 is 4.93. The number of rotatable bonds is 4. The number of Topliss-reactive ketones (excluding diaryl/α,β-unsaturated/α-hetero) is 1. The Morgan fingerprint density at radius 1 is 1.43 bits per heavy atom. The normalized spacial score (nSPS) is 25.8. The molecule has 2 unspecified atom stereocenters. The Kier molecular flexibility index (Phi) is 3.86. The molecule has 0 amide bonds. The van der Waals surface area contributed by atoms with Crippen LogP contribution in [0.5, 0.6) is 0 Å². The van der Waals surface area contributed by atoms with Crippen LogP contribution in [-0.4, -0.2) is 18.4 Å². The van der Waals surface area contributed by atoms with E-state index in [1.807, 2.05) is 0 Å². The van der Waals surface area contributed by atoms with Gasteiger partial charge >= 0.3 is 5.97 Å². The second-order valence-electron chi connectivity index (χ2n) is 3.74. The SMILES string of the molecule is C=CCOC(=O)C1CCC(C(C)=O)C1. The van der Waals surface area contributed by atoms with E-state index in [9.17, 15) is 9.59 Å². The van der Waals surface area contributed by atoms with Gasteiger partial charge in [-0.1, -0.05) is 12.7 Å². The molecule has 0 aliphatic heterocycles. The van der Waals surface area contributed by atoms with E-state index in [4.69, 9.17) is 4.74 Å². The first-order valence-electron chi connectivity index (χ1n) is 4.93. The van der Waals surface area contributed by atoms with Gasteiger partial charge in [-0.2, -0.15) is 0 Å². The van der Waals surface area contributed by atoms with Crippen molar-refractivity contribution in [2.24, 2.45) is 11.8 Å². The van der Waals surface area contributed by atoms with Gasteiger partial charge in [-0.25, -0.2) is 0 Å². The van der Waals surface area contributed by atoms with Crippen molar-refractivity contribution < 1.29 is 14.3 Å². The van der Waals surface area contributed by atoms with Gasteiger partial charge < -0.3 is 4.74 Å². The molecule has 0 spiro atoms. The van der Waals surface area contributed by atoms with Gasteiger partial charge in [0.15, 0.2) is 0 Å². The lowest BCUT2D eigenvalue weighted by Crippen LogP contribution is -2.16. The third-order valence-electron chi connectivity index (χ3n) is 2.68. The summed E-state index contributed by atoms with van der Waals surface area (Å²) in [5, 5.41) is 0. The zero-order valence-electron chi connectivity index (χ0n) is 8.49. The fourth-order valence-electron chi connectivity index (χ4n) is 1.82.